The molecular formula is C14H18F3NO. The van der Waals surface area contributed by atoms with Gasteiger partial charge in [0.2, 0.25) is 0 Å². The lowest BCUT2D eigenvalue weighted by atomic mass is 9.84. The molecule has 1 aromatic rings. The zero-order valence-electron chi connectivity index (χ0n) is 11.1. The molecule has 1 aromatic carbocycles. The van der Waals surface area contributed by atoms with Crippen molar-refractivity contribution in [2.75, 3.05) is 18.0 Å². The van der Waals surface area contributed by atoms with Crippen LogP contribution >= 0.6 is 0 Å². The van der Waals surface area contributed by atoms with Crippen LogP contribution in [0.4, 0.5) is 18.9 Å². The Morgan fingerprint density at radius 3 is 2.32 bits per heavy atom. The second kappa shape index (κ2) is 4.94. The number of anilines is 1. The van der Waals surface area contributed by atoms with Crippen LogP contribution in [0.5, 0.6) is 5.75 Å². The Labute approximate surface area is 111 Å². The zero-order chi connectivity index (χ0) is 14.1. The van der Waals surface area contributed by atoms with E-state index >= 15 is 0 Å². The van der Waals surface area contributed by atoms with Gasteiger partial charge in [0.25, 0.3) is 0 Å². The number of alkyl halides is 3. The Kier molecular flexibility index (Phi) is 3.65. The molecular weight excluding hydrogens is 255 g/mol. The first-order chi connectivity index (χ1) is 8.75. The Bertz CT molecular complexity index is 425. The van der Waals surface area contributed by atoms with E-state index in [1.165, 1.54) is 18.6 Å². The van der Waals surface area contributed by atoms with E-state index in [2.05, 4.69) is 23.5 Å². The predicted molar refractivity (Wildman–Crippen MR) is 68.4 cm³/mol. The summed E-state index contributed by atoms with van der Waals surface area (Å²) in [6.45, 7) is 6.29. The SMILES string of the molecule is CC1(C)CCCN(c2ccc(OC(F)(F)F)cc2)C1. The third-order valence-electron chi connectivity index (χ3n) is 3.34. The molecule has 0 amide bonds. The Balaban J connectivity index is 2.06. The van der Waals surface area contributed by atoms with Gasteiger partial charge in [-0.1, -0.05) is 13.8 Å². The minimum absolute atomic E-state index is 0.174. The zero-order valence-corrected chi connectivity index (χ0v) is 11.1. The fourth-order valence-electron chi connectivity index (χ4n) is 2.50. The van der Waals surface area contributed by atoms with Crippen LogP contribution in [0.2, 0.25) is 0 Å². The number of hydrogen-bond acceptors (Lipinski definition) is 2. The monoisotopic (exact) mass is 273 g/mol. The number of benzene rings is 1. The maximum absolute atomic E-state index is 12.1. The van der Waals surface area contributed by atoms with Crippen LogP contribution in [-0.4, -0.2) is 19.5 Å². The van der Waals surface area contributed by atoms with Crippen molar-refractivity contribution in [2.24, 2.45) is 5.41 Å². The summed E-state index contributed by atoms with van der Waals surface area (Å²) < 4.78 is 40.1. The number of nitrogens with zero attached hydrogens (tertiary/aromatic N) is 1. The second-order valence-corrected chi connectivity index (χ2v) is 5.73. The number of ether oxygens (including phenoxy) is 1. The van der Waals surface area contributed by atoms with Crippen molar-refractivity contribution in [3.05, 3.63) is 24.3 Å². The van der Waals surface area contributed by atoms with E-state index in [1.54, 1.807) is 12.1 Å². The first-order valence-corrected chi connectivity index (χ1v) is 6.36. The third kappa shape index (κ3) is 4.04. The van der Waals surface area contributed by atoms with Crippen molar-refractivity contribution >= 4 is 5.69 Å². The summed E-state index contributed by atoms with van der Waals surface area (Å²) >= 11 is 0. The molecule has 0 N–H and O–H groups in total. The van der Waals surface area contributed by atoms with Crippen LogP contribution in [-0.2, 0) is 0 Å². The van der Waals surface area contributed by atoms with Crippen LogP contribution in [0, 0.1) is 5.41 Å². The summed E-state index contributed by atoms with van der Waals surface area (Å²) in [5.74, 6) is -0.174. The van der Waals surface area contributed by atoms with E-state index in [-0.39, 0.29) is 11.2 Å². The standard InChI is InChI=1S/C14H18F3NO/c1-13(2)8-3-9-18(10-13)11-4-6-12(7-5-11)19-14(15,16)17/h4-7H,3,8-10H2,1-2H3. The van der Waals surface area contributed by atoms with Gasteiger partial charge in [0, 0.05) is 18.8 Å². The summed E-state index contributed by atoms with van der Waals surface area (Å²) in [4.78, 5) is 2.21. The van der Waals surface area contributed by atoms with Gasteiger partial charge in [-0.3, -0.25) is 0 Å². The molecule has 1 aliphatic rings. The van der Waals surface area contributed by atoms with Gasteiger partial charge in [-0.05, 0) is 42.5 Å². The lowest BCUT2D eigenvalue weighted by molar-refractivity contribution is -0.274. The number of piperidine rings is 1. The predicted octanol–water partition coefficient (Wildman–Crippen LogP) is 4.21. The van der Waals surface area contributed by atoms with Crippen molar-refractivity contribution in [1.82, 2.24) is 0 Å². The normalized spacial score (nSPS) is 19.3. The lowest BCUT2D eigenvalue weighted by Crippen LogP contribution is -2.40. The van der Waals surface area contributed by atoms with Gasteiger partial charge in [-0.25, -0.2) is 0 Å². The molecule has 1 heterocycles. The topological polar surface area (TPSA) is 12.5 Å². The lowest BCUT2D eigenvalue weighted by Gasteiger charge is -2.39. The molecule has 19 heavy (non-hydrogen) atoms. The molecule has 5 heteroatoms. The minimum atomic E-state index is -4.63. The minimum Gasteiger partial charge on any atom is -0.406 e. The first kappa shape index (κ1) is 14.0. The summed E-state index contributed by atoms with van der Waals surface area (Å²) in [7, 11) is 0. The van der Waals surface area contributed by atoms with Crippen LogP contribution in [0.25, 0.3) is 0 Å². The quantitative estimate of drug-likeness (QED) is 0.800. The van der Waals surface area contributed by atoms with Crippen molar-refractivity contribution in [1.29, 1.82) is 0 Å². The molecule has 0 aliphatic carbocycles. The highest BCUT2D eigenvalue weighted by Gasteiger charge is 2.31. The third-order valence-corrected chi connectivity index (χ3v) is 3.34. The maximum atomic E-state index is 12.1. The molecule has 0 unspecified atom stereocenters. The number of rotatable bonds is 2. The van der Waals surface area contributed by atoms with E-state index < -0.39 is 6.36 Å². The molecule has 2 rings (SSSR count). The molecule has 0 atom stereocenters. The van der Waals surface area contributed by atoms with Crippen molar-refractivity contribution < 1.29 is 17.9 Å². The Hall–Kier alpha value is -1.39. The van der Waals surface area contributed by atoms with Crippen LogP contribution in [0.1, 0.15) is 26.7 Å². The van der Waals surface area contributed by atoms with Gasteiger partial charge < -0.3 is 9.64 Å². The van der Waals surface area contributed by atoms with Gasteiger partial charge in [0.05, 0.1) is 0 Å². The highest BCUT2D eigenvalue weighted by molar-refractivity contribution is 5.49. The molecule has 1 fully saturated rings. The molecule has 0 saturated carbocycles. The van der Waals surface area contributed by atoms with E-state index in [0.717, 1.165) is 25.2 Å². The fourth-order valence-corrected chi connectivity index (χ4v) is 2.50. The highest BCUT2D eigenvalue weighted by Crippen LogP contribution is 2.32. The van der Waals surface area contributed by atoms with E-state index in [9.17, 15) is 13.2 Å². The van der Waals surface area contributed by atoms with Gasteiger partial charge in [0.1, 0.15) is 5.75 Å². The summed E-state index contributed by atoms with van der Waals surface area (Å²) in [6.07, 6.45) is -2.35. The molecule has 2 nitrogen and oxygen atoms in total. The number of hydrogen-bond donors (Lipinski definition) is 0. The first-order valence-electron chi connectivity index (χ1n) is 6.36. The fraction of sp³-hybridized carbons (Fsp3) is 0.571. The smallest absolute Gasteiger partial charge is 0.406 e. The van der Waals surface area contributed by atoms with E-state index in [1.807, 2.05) is 0 Å². The largest absolute Gasteiger partial charge is 0.573 e. The average Bonchev–Trinajstić information content (AvgIpc) is 2.26. The summed E-state index contributed by atoms with van der Waals surface area (Å²) in [5, 5.41) is 0. The molecule has 0 radical (unpaired) electrons. The van der Waals surface area contributed by atoms with Crippen molar-refractivity contribution in [3.63, 3.8) is 0 Å². The van der Waals surface area contributed by atoms with Crippen molar-refractivity contribution in [2.45, 2.75) is 33.1 Å². The molecule has 106 valence electrons. The van der Waals surface area contributed by atoms with E-state index in [0.29, 0.717) is 0 Å². The van der Waals surface area contributed by atoms with Gasteiger partial charge >= 0.3 is 6.36 Å². The molecule has 1 saturated heterocycles. The Morgan fingerprint density at radius 1 is 1.16 bits per heavy atom. The van der Waals surface area contributed by atoms with Crippen LogP contribution < -0.4 is 9.64 Å². The van der Waals surface area contributed by atoms with Crippen molar-refractivity contribution in [3.8, 4) is 5.75 Å². The van der Waals surface area contributed by atoms with Gasteiger partial charge in [-0.15, -0.1) is 13.2 Å². The second-order valence-electron chi connectivity index (χ2n) is 5.73. The number of halogens is 3. The van der Waals surface area contributed by atoms with Crippen LogP contribution in [0.15, 0.2) is 24.3 Å². The highest BCUT2D eigenvalue weighted by atomic mass is 19.4. The summed E-state index contributed by atoms with van der Waals surface area (Å²) in [6, 6.07) is 6.10. The van der Waals surface area contributed by atoms with Gasteiger partial charge in [-0.2, -0.15) is 0 Å². The molecule has 0 spiro atoms. The average molecular weight is 273 g/mol. The Morgan fingerprint density at radius 2 is 1.79 bits per heavy atom. The summed E-state index contributed by atoms with van der Waals surface area (Å²) in [5.41, 5.74) is 1.20. The van der Waals surface area contributed by atoms with E-state index in [4.69, 9.17) is 0 Å². The molecule has 1 aliphatic heterocycles. The maximum Gasteiger partial charge on any atom is 0.573 e. The van der Waals surface area contributed by atoms with Crippen LogP contribution in [0.3, 0.4) is 0 Å². The van der Waals surface area contributed by atoms with Gasteiger partial charge in [0.15, 0.2) is 0 Å². The molecule has 0 bridgehead atoms. The molecule has 0 aromatic heterocycles.